The summed E-state index contributed by atoms with van der Waals surface area (Å²) in [6, 6.07) is 12.4. The summed E-state index contributed by atoms with van der Waals surface area (Å²) < 4.78 is 38.0. The second-order valence-corrected chi connectivity index (χ2v) is 9.92. The fraction of sp³-hybridized carbons (Fsp3) is 0.391. The number of hydrogen-bond acceptors (Lipinski definition) is 6. The number of para-hydroxylation sites is 1. The highest BCUT2D eigenvalue weighted by Gasteiger charge is 2.27. The van der Waals surface area contributed by atoms with E-state index >= 15 is 0 Å². The predicted octanol–water partition coefficient (Wildman–Crippen LogP) is 2.10. The lowest BCUT2D eigenvalue weighted by molar-refractivity contribution is 0.0669. The minimum atomic E-state index is -3.55. The molecule has 9 nitrogen and oxygen atoms in total. The van der Waals surface area contributed by atoms with Crippen molar-refractivity contribution in [1.82, 2.24) is 15.2 Å². The molecular weight excluding hydrogens is 446 g/mol. The summed E-state index contributed by atoms with van der Waals surface area (Å²) in [5.74, 6) is -0.693. The molecule has 0 aromatic heterocycles. The topological polar surface area (TPSA) is 114 Å². The average Bonchev–Trinajstić information content (AvgIpc) is 3.56. The number of nitrogens with zero attached hydrogens (tertiary/aromatic N) is 1. The maximum Gasteiger partial charge on any atom is 0.273 e. The van der Waals surface area contributed by atoms with E-state index < -0.39 is 21.8 Å². The number of sulfonamides is 1. The molecule has 2 heterocycles. The van der Waals surface area contributed by atoms with Crippen LogP contribution >= 0.6 is 0 Å². The van der Waals surface area contributed by atoms with Gasteiger partial charge in [-0.05, 0) is 62.1 Å². The summed E-state index contributed by atoms with van der Waals surface area (Å²) in [4.78, 5) is 25.2. The van der Waals surface area contributed by atoms with E-state index in [4.69, 9.17) is 9.47 Å². The molecule has 1 unspecified atom stereocenters. The summed E-state index contributed by atoms with van der Waals surface area (Å²) in [5.41, 5.74) is 5.24. The van der Waals surface area contributed by atoms with Gasteiger partial charge in [-0.2, -0.15) is 4.31 Å². The van der Waals surface area contributed by atoms with Crippen LogP contribution in [0.4, 0.5) is 0 Å². The first kappa shape index (κ1) is 23.2. The SMILES string of the molecule is O=C(NNC(=O)c1ccccc1OCC1CCCO1)c1ccc(S(=O)(=O)N2CCCC2)cc1. The lowest BCUT2D eigenvalue weighted by atomic mass is 10.2. The molecule has 0 spiro atoms. The Bertz CT molecular complexity index is 1090. The third kappa shape index (κ3) is 5.52. The first-order chi connectivity index (χ1) is 15.9. The van der Waals surface area contributed by atoms with E-state index in [0.29, 0.717) is 32.1 Å². The van der Waals surface area contributed by atoms with Gasteiger partial charge in [0.05, 0.1) is 16.6 Å². The van der Waals surface area contributed by atoms with Crippen molar-refractivity contribution in [1.29, 1.82) is 0 Å². The number of benzene rings is 2. The van der Waals surface area contributed by atoms with Gasteiger partial charge in [0.1, 0.15) is 12.4 Å². The van der Waals surface area contributed by atoms with Gasteiger partial charge in [0, 0.05) is 25.3 Å². The third-order valence-electron chi connectivity index (χ3n) is 5.69. The lowest BCUT2D eigenvalue weighted by Gasteiger charge is -2.16. The van der Waals surface area contributed by atoms with E-state index in [2.05, 4.69) is 10.9 Å². The number of carbonyl (C=O) groups is 2. The second-order valence-electron chi connectivity index (χ2n) is 7.99. The van der Waals surface area contributed by atoms with Crippen LogP contribution in [0.1, 0.15) is 46.4 Å². The zero-order valence-electron chi connectivity index (χ0n) is 18.2. The number of carbonyl (C=O) groups excluding carboxylic acids is 2. The average molecular weight is 474 g/mol. The zero-order chi connectivity index (χ0) is 23.3. The molecule has 0 bridgehead atoms. The molecule has 0 radical (unpaired) electrons. The standard InChI is InChI=1S/C23H27N3O6S/c27-22(17-9-11-19(12-10-17)33(29,30)26-13-3-4-14-26)24-25-23(28)20-7-1-2-8-21(20)32-16-18-6-5-15-31-18/h1-2,7-12,18H,3-6,13-16H2,(H,24,27)(H,25,28). The summed E-state index contributed by atoms with van der Waals surface area (Å²) in [6.07, 6.45) is 3.62. The van der Waals surface area contributed by atoms with Crippen LogP contribution in [0, 0.1) is 0 Å². The molecule has 1 atom stereocenters. The molecule has 2 amide bonds. The number of hydrazine groups is 1. The molecule has 10 heteroatoms. The van der Waals surface area contributed by atoms with Crippen molar-refractivity contribution in [2.24, 2.45) is 0 Å². The Kier molecular flexibility index (Phi) is 7.26. The molecule has 4 rings (SSSR count). The molecule has 2 N–H and O–H groups in total. The van der Waals surface area contributed by atoms with Crippen LogP contribution in [0.3, 0.4) is 0 Å². The van der Waals surface area contributed by atoms with Crippen molar-refractivity contribution in [2.45, 2.75) is 36.7 Å². The van der Waals surface area contributed by atoms with Crippen LogP contribution < -0.4 is 15.6 Å². The molecule has 2 aromatic rings. The number of ether oxygens (including phenoxy) is 2. The Morgan fingerprint density at radius 2 is 1.67 bits per heavy atom. The molecule has 2 fully saturated rings. The molecule has 2 aliphatic rings. The molecule has 33 heavy (non-hydrogen) atoms. The van der Waals surface area contributed by atoms with Crippen molar-refractivity contribution >= 4 is 21.8 Å². The minimum absolute atomic E-state index is 0.0121. The monoisotopic (exact) mass is 473 g/mol. The van der Waals surface area contributed by atoms with Gasteiger partial charge in [0.15, 0.2) is 0 Å². The van der Waals surface area contributed by atoms with E-state index in [0.717, 1.165) is 25.7 Å². The van der Waals surface area contributed by atoms with Gasteiger partial charge in [-0.3, -0.25) is 20.4 Å². The highest BCUT2D eigenvalue weighted by molar-refractivity contribution is 7.89. The number of rotatable bonds is 7. The van der Waals surface area contributed by atoms with Crippen molar-refractivity contribution in [2.75, 3.05) is 26.3 Å². The summed E-state index contributed by atoms with van der Waals surface area (Å²) in [5, 5.41) is 0. The second kappa shape index (κ2) is 10.3. The van der Waals surface area contributed by atoms with Crippen molar-refractivity contribution < 1.29 is 27.5 Å². The van der Waals surface area contributed by atoms with Crippen molar-refractivity contribution in [3.8, 4) is 5.75 Å². The number of hydrogen-bond donors (Lipinski definition) is 2. The van der Waals surface area contributed by atoms with Crippen molar-refractivity contribution in [3.63, 3.8) is 0 Å². The maximum absolute atomic E-state index is 12.6. The molecule has 2 aromatic carbocycles. The molecule has 176 valence electrons. The first-order valence-electron chi connectivity index (χ1n) is 11.0. The molecule has 0 aliphatic carbocycles. The predicted molar refractivity (Wildman–Crippen MR) is 120 cm³/mol. The van der Waals surface area contributed by atoms with Crippen LogP contribution in [0.15, 0.2) is 53.4 Å². The minimum Gasteiger partial charge on any atom is -0.490 e. The zero-order valence-corrected chi connectivity index (χ0v) is 19.0. The molecular formula is C23H27N3O6S. The lowest BCUT2D eigenvalue weighted by Crippen LogP contribution is -2.41. The number of nitrogens with one attached hydrogen (secondary N) is 2. The van der Waals surface area contributed by atoms with Crippen LogP contribution in [-0.4, -0.2) is 56.9 Å². The Morgan fingerprint density at radius 1 is 0.970 bits per heavy atom. The maximum atomic E-state index is 12.6. The molecule has 2 aliphatic heterocycles. The quantitative estimate of drug-likeness (QED) is 0.596. The Labute approximate surface area is 193 Å². The third-order valence-corrected chi connectivity index (χ3v) is 7.60. The Hall–Kier alpha value is -2.95. The van der Waals surface area contributed by atoms with Gasteiger partial charge in [0.2, 0.25) is 10.0 Å². The fourth-order valence-corrected chi connectivity index (χ4v) is 5.36. The highest BCUT2D eigenvalue weighted by atomic mass is 32.2. The molecule has 0 saturated carbocycles. The number of amides is 2. The van der Waals surface area contributed by atoms with Crippen molar-refractivity contribution in [3.05, 3.63) is 59.7 Å². The summed E-state index contributed by atoms with van der Waals surface area (Å²) in [6.45, 7) is 2.08. The largest absolute Gasteiger partial charge is 0.490 e. The van der Waals surface area contributed by atoms with Gasteiger partial charge in [-0.1, -0.05) is 12.1 Å². The Balaban J connectivity index is 1.34. The first-order valence-corrected chi connectivity index (χ1v) is 12.4. The van der Waals surface area contributed by atoms with E-state index in [1.807, 2.05) is 0 Å². The van der Waals surface area contributed by atoms with E-state index in [1.54, 1.807) is 24.3 Å². The van der Waals surface area contributed by atoms with E-state index in [1.165, 1.54) is 28.6 Å². The van der Waals surface area contributed by atoms with Gasteiger partial charge >= 0.3 is 0 Å². The highest BCUT2D eigenvalue weighted by Crippen LogP contribution is 2.22. The fourth-order valence-electron chi connectivity index (χ4n) is 3.85. The van der Waals surface area contributed by atoms with E-state index in [-0.39, 0.29) is 22.1 Å². The normalized spacial score (nSPS) is 18.7. The smallest absolute Gasteiger partial charge is 0.273 e. The van der Waals surface area contributed by atoms with Crippen LogP contribution in [0.2, 0.25) is 0 Å². The van der Waals surface area contributed by atoms with Gasteiger partial charge in [0.25, 0.3) is 11.8 Å². The van der Waals surface area contributed by atoms with Gasteiger partial charge in [-0.15, -0.1) is 0 Å². The van der Waals surface area contributed by atoms with Gasteiger partial charge in [-0.25, -0.2) is 8.42 Å². The van der Waals surface area contributed by atoms with Crippen LogP contribution in [0.25, 0.3) is 0 Å². The van der Waals surface area contributed by atoms with Crippen LogP contribution in [-0.2, 0) is 14.8 Å². The van der Waals surface area contributed by atoms with Gasteiger partial charge < -0.3 is 9.47 Å². The molecule has 2 saturated heterocycles. The van der Waals surface area contributed by atoms with Crippen LogP contribution in [0.5, 0.6) is 5.75 Å². The summed E-state index contributed by atoms with van der Waals surface area (Å²) >= 11 is 0. The van der Waals surface area contributed by atoms with E-state index in [9.17, 15) is 18.0 Å². The summed E-state index contributed by atoms with van der Waals surface area (Å²) in [7, 11) is -3.55. The Morgan fingerprint density at radius 3 is 2.36 bits per heavy atom.